The maximum absolute atomic E-state index is 6.24. The molecule has 0 bridgehead atoms. The molecule has 0 amide bonds. The fourth-order valence-electron chi connectivity index (χ4n) is 3.06. The Labute approximate surface area is 131 Å². The van der Waals surface area contributed by atoms with Gasteiger partial charge in [0.2, 0.25) is 0 Å². The first-order chi connectivity index (χ1) is 10.5. The molecule has 0 saturated carbocycles. The molecule has 0 radical (unpaired) electrons. The first-order valence-electron chi connectivity index (χ1n) is 7.77. The first-order valence-corrected chi connectivity index (χ1v) is 7.77. The lowest BCUT2D eigenvalue weighted by Crippen LogP contribution is -2.36. The number of nitrogen functional groups attached to an aromatic ring is 1. The highest BCUT2D eigenvalue weighted by molar-refractivity contribution is 5.95. The minimum absolute atomic E-state index is 0.224. The number of piperidine rings is 1. The summed E-state index contributed by atoms with van der Waals surface area (Å²) < 4.78 is 6.24. The van der Waals surface area contributed by atoms with Gasteiger partial charge in [-0.1, -0.05) is 12.6 Å². The summed E-state index contributed by atoms with van der Waals surface area (Å²) in [6.45, 7) is 10.0. The van der Waals surface area contributed by atoms with Gasteiger partial charge >= 0.3 is 0 Å². The van der Waals surface area contributed by atoms with Crippen LogP contribution in [0.25, 0.3) is 10.9 Å². The van der Waals surface area contributed by atoms with Crippen molar-refractivity contribution in [2.45, 2.75) is 32.8 Å². The van der Waals surface area contributed by atoms with E-state index in [1.165, 1.54) is 0 Å². The van der Waals surface area contributed by atoms with E-state index in [2.05, 4.69) is 23.4 Å². The normalized spacial score (nSPS) is 16.0. The molecule has 4 heteroatoms. The van der Waals surface area contributed by atoms with Crippen LogP contribution in [0.5, 0.6) is 5.75 Å². The minimum Gasteiger partial charge on any atom is -0.490 e. The number of ether oxygens (including phenoxy) is 1. The summed E-state index contributed by atoms with van der Waals surface area (Å²) in [4.78, 5) is 6.85. The van der Waals surface area contributed by atoms with Gasteiger partial charge in [0.25, 0.3) is 0 Å². The molecule has 1 aromatic heterocycles. The number of benzene rings is 1. The Balaban J connectivity index is 1.82. The molecule has 2 aromatic rings. The maximum Gasteiger partial charge on any atom is 0.131 e. The van der Waals surface area contributed by atoms with Crippen molar-refractivity contribution in [3.05, 3.63) is 42.2 Å². The number of rotatable bonds is 3. The monoisotopic (exact) mass is 297 g/mol. The van der Waals surface area contributed by atoms with Crippen molar-refractivity contribution in [3.8, 4) is 5.75 Å². The van der Waals surface area contributed by atoms with Crippen LogP contribution in [0, 0.1) is 6.92 Å². The van der Waals surface area contributed by atoms with Crippen molar-refractivity contribution in [2.24, 2.45) is 0 Å². The summed E-state index contributed by atoms with van der Waals surface area (Å²) in [5, 5.41) is 0.926. The van der Waals surface area contributed by atoms with Crippen LogP contribution in [0.15, 0.2) is 36.5 Å². The van der Waals surface area contributed by atoms with Crippen LogP contribution in [-0.2, 0) is 0 Å². The number of likely N-dealkylation sites (tertiary alicyclic amines) is 1. The van der Waals surface area contributed by atoms with Gasteiger partial charge in [-0.05, 0) is 32.0 Å². The number of pyridine rings is 1. The van der Waals surface area contributed by atoms with E-state index < -0.39 is 0 Å². The third kappa shape index (κ3) is 2.86. The lowest BCUT2D eigenvalue weighted by Gasteiger charge is -2.34. The number of anilines is 1. The number of aryl methyl sites for hydroxylation is 1. The Kier molecular flexibility index (Phi) is 3.92. The van der Waals surface area contributed by atoms with E-state index in [0.717, 1.165) is 59.7 Å². The van der Waals surface area contributed by atoms with Gasteiger partial charge in [-0.15, -0.1) is 0 Å². The Hall–Kier alpha value is -2.23. The molecular formula is C18H23N3O. The molecule has 4 nitrogen and oxygen atoms in total. The van der Waals surface area contributed by atoms with Crippen molar-refractivity contribution in [3.63, 3.8) is 0 Å². The Bertz CT molecular complexity index is 703. The van der Waals surface area contributed by atoms with E-state index in [-0.39, 0.29) is 6.10 Å². The van der Waals surface area contributed by atoms with Crippen molar-refractivity contribution in [1.29, 1.82) is 0 Å². The molecule has 1 aliphatic heterocycles. The van der Waals surface area contributed by atoms with Gasteiger partial charge in [0.1, 0.15) is 11.9 Å². The van der Waals surface area contributed by atoms with Crippen LogP contribution in [0.1, 0.15) is 25.5 Å². The molecule has 0 spiro atoms. The number of hydrogen-bond acceptors (Lipinski definition) is 4. The fraction of sp³-hybridized carbons (Fsp3) is 0.389. The summed E-state index contributed by atoms with van der Waals surface area (Å²) in [5.41, 5.74) is 9.88. The van der Waals surface area contributed by atoms with E-state index >= 15 is 0 Å². The Morgan fingerprint density at radius 2 is 2.09 bits per heavy atom. The van der Waals surface area contributed by atoms with Crippen molar-refractivity contribution < 1.29 is 4.74 Å². The highest BCUT2D eigenvalue weighted by atomic mass is 16.5. The quantitative estimate of drug-likeness (QED) is 0.942. The van der Waals surface area contributed by atoms with Gasteiger partial charge in [0.15, 0.2) is 0 Å². The molecule has 1 aliphatic rings. The molecule has 0 aliphatic carbocycles. The van der Waals surface area contributed by atoms with Crippen molar-refractivity contribution in [1.82, 2.24) is 9.88 Å². The second-order valence-electron chi connectivity index (χ2n) is 6.04. The third-order valence-corrected chi connectivity index (χ3v) is 4.23. The average molecular weight is 297 g/mol. The standard InChI is InChI=1S/C18H23N3O/c1-12(2)21-9-7-14(8-10-21)22-17-6-4-5-16-18(17)15(19)11-13(3)20-16/h4-6,11,14H,1,7-10H2,2-3H3,(H2,19,20). The molecule has 116 valence electrons. The van der Waals surface area contributed by atoms with E-state index in [9.17, 15) is 0 Å². The molecule has 1 saturated heterocycles. The summed E-state index contributed by atoms with van der Waals surface area (Å²) in [6, 6.07) is 7.85. The second-order valence-corrected chi connectivity index (χ2v) is 6.04. The molecule has 2 heterocycles. The Morgan fingerprint density at radius 1 is 1.36 bits per heavy atom. The SMILES string of the molecule is C=C(C)N1CCC(Oc2cccc3nc(C)cc(N)c23)CC1. The van der Waals surface area contributed by atoms with Crippen molar-refractivity contribution >= 4 is 16.6 Å². The van der Waals surface area contributed by atoms with Crippen molar-refractivity contribution in [2.75, 3.05) is 18.8 Å². The summed E-state index contributed by atoms with van der Waals surface area (Å²) >= 11 is 0. The van der Waals surface area contributed by atoms with Crippen LogP contribution in [0.2, 0.25) is 0 Å². The van der Waals surface area contributed by atoms with Crippen LogP contribution in [-0.4, -0.2) is 29.1 Å². The zero-order valence-electron chi connectivity index (χ0n) is 13.3. The number of aromatic nitrogens is 1. The Morgan fingerprint density at radius 3 is 2.77 bits per heavy atom. The minimum atomic E-state index is 0.224. The van der Waals surface area contributed by atoms with Crippen LogP contribution >= 0.6 is 0 Å². The molecule has 1 fully saturated rings. The van der Waals surface area contributed by atoms with Gasteiger partial charge in [-0.25, -0.2) is 0 Å². The van der Waals surface area contributed by atoms with E-state index in [0.29, 0.717) is 0 Å². The van der Waals surface area contributed by atoms with Gasteiger partial charge in [0, 0.05) is 43.0 Å². The summed E-state index contributed by atoms with van der Waals surface area (Å²) in [7, 11) is 0. The predicted molar refractivity (Wildman–Crippen MR) is 90.9 cm³/mol. The molecule has 0 atom stereocenters. The number of hydrogen-bond donors (Lipinski definition) is 1. The highest BCUT2D eigenvalue weighted by Crippen LogP contribution is 2.32. The highest BCUT2D eigenvalue weighted by Gasteiger charge is 2.21. The molecule has 0 unspecified atom stereocenters. The van der Waals surface area contributed by atoms with Gasteiger partial charge in [-0.3, -0.25) is 4.98 Å². The van der Waals surface area contributed by atoms with E-state index in [1.54, 1.807) is 0 Å². The van der Waals surface area contributed by atoms with E-state index in [1.807, 2.05) is 31.2 Å². The largest absolute Gasteiger partial charge is 0.490 e. The number of allylic oxidation sites excluding steroid dienone is 1. The number of nitrogens with zero attached hydrogens (tertiary/aromatic N) is 2. The van der Waals surface area contributed by atoms with E-state index in [4.69, 9.17) is 10.5 Å². The third-order valence-electron chi connectivity index (χ3n) is 4.23. The maximum atomic E-state index is 6.24. The molecule has 1 aromatic carbocycles. The van der Waals surface area contributed by atoms with Gasteiger partial charge < -0.3 is 15.4 Å². The molecular weight excluding hydrogens is 274 g/mol. The molecule has 22 heavy (non-hydrogen) atoms. The number of nitrogens with two attached hydrogens (primary N) is 1. The second kappa shape index (κ2) is 5.87. The first kappa shape index (κ1) is 14.7. The molecule has 2 N–H and O–H groups in total. The number of fused-ring (bicyclic) bond motifs is 1. The van der Waals surface area contributed by atoms with Crippen LogP contribution in [0.4, 0.5) is 5.69 Å². The van der Waals surface area contributed by atoms with Gasteiger partial charge in [-0.2, -0.15) is 0 Å². The lowest BCUT2D eigenvalue weighted by molar-refractivity contribution is 0.119. The fourth-order valence-corrected chi connectivity index (χ4v) is 3.06. The predicted octanol–water partition coefficient (Wildman–Crippen LogP) is 3.50. The van der Waals surface area contributed by atoms with Crippen LogP contribution in [0.3, 0.4) is 0 Å². The summed E-state index contributed by atoms with van der Waals surface area (Å²) in [6.07, 6.45) is 2.23. The topological polar surface area (TPSA) is 51.4 Å². The van der Waals surface area contributed by atoms with Crippen LogP contribution < -0.4 is 10.5 Å². The zero-order valence-corrected chi connectivity index (χ0v) is 13.3. The zero-order chi connectivity index (χ0) is 15.7. The lowest BCUT2D eigenvalue weighted by atomic mass is 10.1. The molecule has 3 rings (SSSR count). The average Bonchev–Trinajstić information content (AvgIpc) is 2.47. The summed E-state index contributed by atoms with van der Waals surface area (Å²) in [5.74, 6) is 0.844. The smallest absolute Gasteiger partial charge is 0.131 e. The van der Waals surface area contributed by atoms with Gasteiger partial charge in [0.05, 0.1) is 10.9 Å².